The molecule has 25 heavy (non-hydrogen) atoms. The molecule has 0 aliphatic carbocycles. The molecule has 2 N–H and O–H groups in total. The summed E-state index contributed by atoms with van der Waals surface area (Å²) in [4.78, 5) is 11.6. The molecule has 3 unspecified atom stereocenters. The number of carbonyl (C=O) groups excluding carboxylic acids is 1. The van der Waals surface area contributed by atoms with Crippen LogP contribution in [-0.2, 0) is 22.4 Å². The number of ether oxygens (including phenoxy) is 2. The molecule has 0 radical (unpaired) electrons. The molecule has 1 aromatic rings. The predicted octanol–water partition coefficient (Wildman–Crippen LogP) is 3.89. The number of carbonyl (C=O) groups is 1. The lowest BCUT2D eigenvalue weighted by Crippen LogP contribution is -2.26. The second-order valence-electron chi connectivity index (χ2n) is 7.32. The van der Waals surface area contributed by atoms with Gasteiger partial charge in [-0.05, 0) is 61.8 Å². The number of esters is 1. The van der Waals surface area contributed by atoms with Crippen molar-refractivity contribution in [3.8, 4) is 5.75 Å². The summed E-state index contributed by atoms with van der Waals surface area (Å²) < 4.78 is 11.1. The van der Waals surface area contributed by atoms with Gasteiger partial charge in [0.05, 0.1) is 19.1 Å². The first kappa shape index (κ1) is 19.8. The van der Waals surface area contributed by atoms with E-state index in [1.165, 1.54) is 25.5 Å². The molecular formula is C21H33NO3. The van der Waals surface area contributed by atoms with Crippen LogP contribution in [0.15, 0.2) is 18.2 Å². The highest BCUT2D eigenvalue weighted by molar-refractivity contribution is 5.72. The zero-order chi connectivity index (χ0) is 18.2. The van der Waals surface area contributed by atoms with E-state index in [1.807, 2.05) is 6.92 Å². The molecule has 0 spiro atoms. The maximum absolute atomic E-state index is 11.6. The van der Waals surface area contributed by atoms with Crippen molar-refractivity contribution < 1.29 is 14.3 Å². The van der Waals surface area contributed by atoms with Gasteiger partial charge in [-0.15, -0.1) is 0 Å². The topological polar surface area (TPSA) is 61.6 Å². The Balaban J connectivity index is 2.00. The third-order valence-corrected chi connectivity index (χ3v) is 5.17. The lowest BCUT2D eigenvalue weighted by Gasteiger charge is -2.29. The summed E-state index contributed by atoms with van der Waals surface area (Å²) in [5.41, 5.74) is 8.17. The summed E-state index contributed by atoms with van der Waals surface area (Å²) in [7, 11) is 1.44. The van der Waals surface area contributed by atoms with Crippen LogP contribution in [-0.4, -0.2) is 25.7 Å². The minimum Gasteiger partial charge on any atom is -0.490 e. The molecule has 0 saturated heterocycles. The molecular weight excluding hydrogens is 314 g/mol. The van der Waals surface area contributed by atoms with Gasteiger partial charge in [0.1, 0.15) is 5.75 Å². The average molecular weight is 347 g/mol. The van der Waals surface area contributed by atoms with Gasteiger partial charge in [0.15, 0.2) is 0 Å². The van der Waals surface area contributed by atoms with Crippen molar-refractivity contribution >= 4 is 5.97 Å². The lowest BCUT2D eigenvalue weighted by molar-refractivity contribution is -0.144. The fourth-order valence-corrected chi connectivity index (χ4v) is 3.80. The summed E-state index contributed by atoms with van der Waals surface area (Å²) in [5.74, 6) is 1.35. The average Bonchev–Trinajstić information content (AvgIpc) is 2.61. The second kappa shape index (κ2) is 9.81. The van der Waals surface area contributed by atoms with Crippen LogP contribution in [0.1, 0.15) is 57.1 Å². The zero-order valence-corrected chi connectivity index (χ0v) is 15.9. The number of hydrogen-bond donors (Lipinski definition) is 1. The smallest absolute Gasteiger partial charge is 0.308 e. The highest BCUT2D eigenvalue weighted by atomic mass is 16.5. The molecule has 2 rings (SSSR count). The SMILES string of the molecule is CCCC(CCN)CC1CCc2ccc(CC(C)C(=O)OC)cc2O1. The molecule has 0 saturated carbocycles. The molecule has 0 amide bonds. The van der Waals surface area contributed by atoms with Crippen molar-refractivity contribution in [1.82, 2.24) is 0 Å². The van der Waals surface area contributed by atoms with Crippen LogP contribution >= 0.6 is 0 Å². The third kappa shape index (κ3) is 5.74. The van der Waals surface area contributed by atoms with Crippen LogP contribution in [0.3, 0.4) is 0 Å². The van der Waals surface area contributed by atoms with E-state index in [0.717, 1.165) is 43.5 Å². The Morgan fingerprint density at radius 2 is 2.20 bits per heavy atom. The standard InChI is InChI=1S/C21H33NO3/c1-4-5-16(10-11-22)13-19-9-8-18-7-6-17(14-20(18)25-19)12-15(2)21(23)24-3/h6-7,14-16,19H,4-5,8-13,22H2,1-3H3. The maximum Gasteiger partial charge on any atom is 0.308 e. The summed E-state index contributed by atoms with van der Waals surface area (Å²) in [6, 6.07) is 6.36. The number of benzene rings is 1. The first-order valence-corrected chi connectivity index (χ1v) is 9.63. The van der Waals surface area contributed by atoms with Crippen molar-refractivity contribution in [3.05, 3.63) is 29.3 Å². The van der Waals surface area contributed by atoms with Gasteiger partial charge in [-0.1, -0.05) is 38.8 Å². The van der Waals surface area contributed by atoms with Crippen LogP contribution in [0.2, 0.25) is 0 Å². The van der Waals surface area contributed by atoms with Crippen molar-refractivity contribution in [2.75, 3.05) is 13.7 Å². The quantitative estimate of drug-likeness (QED) is 0.689. The molecule has 1 aromatic carbocycles. The maximum atomic E-state index is 11.6. The molecule has 4 heteroatoms. The Morgan fingerprint density at radius 3 is 2.88 bits per heavy atom. The first-order chi connectivity index (χ1) is 12.1. The highest BCUT2D eigenvalue weighted by Gasteiger charge is 2.23. The molecule has 1 aliphatic rings. The molecule has 3 atom stereocenters. The molecule has 140 valence electrons. The predicted molar refractivity (Wildman–Crippen MR) is 101 cm³/mol. The van der Waals surface area contributed by atoms with Gasteiger partial charge in [0.2, 0.25) is 0 Å². The minimum absolute atomic E-state index is 0.138. The van der Waals surface area contributed by atoms with Crippen LogP contribution in [0.5, 0.6) is 5.75 Å². The zero-order valence-electron chi connectivity index (χ0n) is 15.9. The highest BCUT2D eigenvalue weighted by Crippen LogP contribution is 2.32. The van der Waals surface area contributed by atoms with Crippen LogP contribution in [0.25, 0.3) is 0 Å². The minimum atomic E-state index is -0.166. The van der Waals surface area contributed by atoms with Gasteiger partial charge in [-0.25, -0.2) is 0 Å². The van der Waals surface area contributed by atoms with Crippen molar-refractivity contribution in [3.63, 3.8) is 0 Å². The lowest BCUT2D eigenvalue weighted by atomic mass is 9.89. The van der Waals surface area contributed by atoms with Gasteiger partial charge in [0, 0.05) is 0 Å². The summed E-state index contributed by atoms with van der Waals surface area (Å²) >= 11 is 0. The third-order valence-electron chi connectivity index (χ3n) is 5.17. The van der Waals surface area contributed by atoms with E-state index in [-0.39, 0.29) is 18.0 Å². The number of methoxy groups -OCH3 is 1. The Hall–Kier alpha value is -1.55. The van der Waals surface area contributed by atoms with E-state index in [1.54, 1.807) is 0 Å². The van der Waals surface area contributed by atoms with Gasteiger partial charge < -0.3 is 15.2 Å². The largest absolute Gasteiger partial charge is 0.490 e. The van der Waals surface area contributed by atoms with E-state index in [4.69, 9.17) is 15.2 Å². The van der Waals surface area contributed by atoms with E-state index in [9.17, 15) is 4.79 Å². The van der Waals surface area contributed by atoms with Gasteiger partial charge in [-0.3, -0.25) is 4.79 Å². The molecule has 4 nitrogen and oxygen atoms in total. The van der Waals surface area contributed by atoms with Gasteiger partial charge in [-0.2, -0.15) is 0 Å². The van der Waals surface area contributed by atoms with E-state index in [2.05, 4.69) is 25.1 Å². The van der Waals surface area contributed by atoms with Gasteiger partial charge in [0.25, 0.3) is 0 Å². The second-order valence-corrected chi connectivity index (χ2v) is 7.32. The number of rotatable bonds is 9. The Bertz CT molecular complexity index is 552. The number of nitrogens with two attached hydrogens (primary N) is 1. The molecule has 0 aromatic heterocycles. The molecule has 0 bridgehead atoms. The van der Waals surface area contributed by atoms with E-state index < -0.39 is 0 Å². The Morgan fingerprint density at radius 1 is 1.40 bits per heavy atom. The van der Waals surface area contributed by atoms with Crippen LogP contribution in [0, 0.1) is 11.8 Å². The molecule has 1 aliphatic heterocycles. The fraction of sp³-hybridized carbons (Fsp3) is 0.667. The fourth-order valence-electron chi connectivity index (χ4n) is 3.80. The van der Waals surface area contributed by atoms with Crippen LogP contribution in [0.4, 0.5) is 0 Å². The first-order valence-electron chi connectivity index (χ1n) is 9.63. The Labute approximate surface area is 152 Å². The molecule has 0 fully saturated rings. The van der Waals surface area contributed by atoms with Crippen molar-refractivity contribution in [2.45, 2.75) is 64.9 Å². The van der Waals surface area contributed by atoms with E-state index >= 15 is 0 Å². The summed E-state index contributed by atoms with van der Waals surface area (Å²) in [5, 5.41) is 0. The van der Waals surface area contributed by atoms with Gasteiger partial charge >= 0.3 is 5.97 Å². The molecule has 1 heterocycles. The van der Waals surface area contributed by atoms with Crippen molar-refractivity contribution in [1.29, 1.82) is 0 Å². The normalized spacial score (nSPS) is 18.8. The number of hydrogen-bond acceptors (Lipinski definition) is 4. The van der Waals surface area contributed by atoms with Crippen molar-refractivity contribution in [2.24, 2.45) is 17.6 Å². The summed E-state index contributed by atoms with van der Waals surface area (Å²) in [6.45, 7) is 4.88. The van der Waals surface area contributed by atoms with E-state index in [0.29, 0.717) is 12.3 Å². The number of fused-ring (bicyclic) bond motifs is 1. The summed E-state index contributed by atoms with van der Waals surface area (Å²) in [6.07, 6.45) is 7.70. The number of aryl methyl sites for hydroxylation is 1. The Kier molecular flexibility index (Phi) is 7.76. The van der Waals surface area contributed by atoms with Crippen LogP contribution < -0.4 is 10.5 Å². The monoisotopic (exact) mass is 347 g/mol.